The fraction of sp³-hybridized carbons (Fsp3) is 0.308. The molecule has 0 aliphatic rings. The van der Waals surface area contributed by atoms with Gasteiger partial charge in [-0.3, -0.25) is 9.78 Å². The van der Waals surface area contributed by atoms with Gasteiger partial charge in [0.05, 0.1) is 0 Å². The zero-order valence-corrected chi connectivity index (χ0v) is 11.7. The molecule has 0 fully saturated rings. The Hall–Kier alpha value is -1.95. The number of nitrogens with zero attached hydrogens (tertiary/aromatic N) is 2. The van der Waals surface area contributed by atoms with Crippen molar-refractivity contribution in [1.29, 1.82) is 0 Å². The van der Waals surface area contributed by atoms with Crippen LogP contribution in [-0.2, 0) is 6.42 Å². The molecule has 1 unspecified atom stereocenters. The molecule has 0 saturated carbocycles. The number of nitrogens with two attached hydrogens (primary N) is 1. The molecule has 0 aliphatic carbocycles. The third kappa shape index (κ3) is 3.51. The Kier molecular flexibility index (Phi) is 4.11. The molecule has 6 heteroatoms. The van der Waals surface area contributed by atoms with Crippen molar-refractivity contribution >= 4 is 22.4 Å². The van der Waals surface area contributed by atoms with E-state index in [0.717, 1.165) is 11.3 Å². The van der Waals surface area contributed by atoms with Gasteiger partial charge in [0.1, 0.15) is 5.69 Å². The minimum absolute atomic E-state index is 0.0102. The molecule has 0 aliphatic heterocycles. The van der Waals surface area contributed by atoms with Gasteiger partial charge in [-0.25, -0.2) is 4.98 Å². The summed E-state index contributed by atoms with van der Waals surface area (Å²) in [6.45, 7) is 3.96. The number of aryl methyl sites for hydroxylation is 1. The molecule has 0 aromatic carbocycles. The molecule has 2 aromatic rings. The highest BCUT2D eigenvalue weighted by Gasteiger charge is 2.14. The second-order valence-electron chi connectivity index (χ2n) is 4.42. The predicted octanol–water partition coefficient (Wildman–Crippen LogP) is 1.79. The second kappa shape index (κ2) is 5.79. The van der Waals surface area contributed by atoms with Crippen molar-refractivity contribution in [3.8, 4) is 0 Å². The standard InChI is InChI=1S/C13H16N4OS/c1-8-4-3-5-15-10(8)6-9(2)16-12(18)11-7-19-13(14)17-11/h3-5,7,9H,6H2,1-2H3,(H2,14,17)(H,16,18). The first kappa shape index (κ1) is 13.5. The van der Waals surface area contributed by atoms with Crippen LogP contribution in [0, 0.1) is 6.92 Å². The molecule has 1 atom stereocenters. The van der Waals surface area contributed by atoms with E-state index in [-0.39, 0.29) is 11.9 Å². The number of aromatic nitrogens is 2. The summed E-state index contributed by atoms with van der Waals surface area (Å²) < 4.78 is 0. The lowest BCUT2D eigenvalue weighted by Gasteiger charge is -2.13. The number of nitrogen functional groups attached to an aromatic ring is 1. The Balaban J connectivity index is 1.96. The maximum Gasteiger partial charge on any atom is 0.271 e. The van der Waals surface area contributed by atoms with Crippen molar-refractivity contribution < 1.29 is 4.79 Å². The topological polar surface area (TPSA) is 80.9 Å². The van der Waals surface area contributed by atoms with Gasteiger partial charge in [-0.05, 0) is 25.5 Å². The van der Waals surface area contributed by atoms with Crippen molar-refractivity contribution in [2.75, 3.05) is 5.73 Å². The summed E-state index contributed by atoms with van der Waals surface area (Å²) in [4.78, 5) is 20.2. The molecule has 2 aromatic heterocycles. The first-order chi connectivity index (χ1) is 9.06. The SMILES string of the molecule is Cc1cccnc1CC(C)NC(=O)c1csc(N)n1. The maximum atomic E-state index is 11.9. The second-order valence-corrected chi connectivity index (χ2v) is 5.31. The van der Waals surface area contributed by atoms with Crippen LogP contribution in [0.15, 0.2) is 23.7 Å². The van der Waals surface area contributed by atoms with E-state index in [0.29, 0.717) is 17.2 Å². The van der Waals surface area contributed by atoms with Crippen LogP contribution in [0.4, 0.5) is 5.13 Å². The number of anilines is 1. The third-order valence-corrected chi connectivity index (χ3v) is 3.42. The zero-order valence-electron chi connectivity index (χ0n) is 10.9. The van der Waals surface area contributed by atoms with E-state index in [1.165, 1.54) is 11.3 Å². The molecule has 0 saturated heterocycles. The van der Waals surface area contributed by atoms with Crippen molar-refractivity contribution in [3.63, 3.8) is 0 Å². The minimum atomic E-state index is -0.200. The van der Waals surface area contributed by atoms with Gasteiger partial charge in [0.25, 0.3) is 5.91 Å². The lowest BCUT2D eigenvalue weighted by atomic mass is 10.1. The fourth-order valence-corrected chi connectivity index (χ4v) is 2.31. The lowest BCUT2D eigenvalue weighted by Crippen LogP contribution is -2.34. The van der Waals surface area contributed by atoms with Gasteiger partial charge in [-0.1, -0.05) is 6.07 Å². The Morgan fingerprint density at radius 1 is 1.58 bits per heavy atom. The average molecular weight is 276 g/mol. The van der Waals surface area contributed by atoms with Crippen LogP contribution < -0.4 is 11.1 Å². The molecule has 1 amide bonds. The first-order valence-electron chi connectivity index (χ1n) is 5.98. The molecular weight excluding hydrogens is 260 g/mol. The largest absolute Gasteiger partial charge is 0.375 e. The number of carbonyl (C=O) groups is 1. The van der Waals surface area contributed by atoms with Crippen LogP contribution in [0.2, 0.25) is 0 Å². The highest BCUT2D eigenvalue weighted by Crippen LogP contribution is 2.11. The molecule has 2 rings (SSSR count). The van der Waals surface area contributed by atoms with Crippen LogP contribution in [0.5, 0.6) is 0 Å². The molecule has 0 bridgehead atoms. The fourth-order valence-electron chi connectivity index (χ4n) is 1.76. The molecular formula is C13H16N4OS. The van der Waals surface area contributed by atoms with E-state index in [1.54, 1.807) is 11.6 Å². The predicted molar refractivity (Wildman–Crippen MR) is 76.1 cm³/mol. The number of rotatable bonds is 4. The number of carbonyl (C=O) groups excluding carboxylic acids is 1. The van der Waals surface area contributed by atoms with Gasteiger partial charge in [0.2, 0.25) is 0 Å². The van der Waals surface area contributed by atoms with E-state index in [4.69, 9.17) is 5.73 Å². The summed E-state index contributed by atoms with van der Waals surface area (Å²) in [5, 5.41) is 4.95. The van der Waals surface area contributed by atoms with E-state index < -0.39 is 0 Å². The average Bonchev–Trinajstić information content (AvgIpc) is 2.79. The first-order valence-corrected chi connectivity index (χ1v) is 6.86. The molecule has 2 heterocycles. The smallest absolute Gasteiger partial charge is 0.271 e. The number of nitrogens with one attached hydrogen (secondary N) is 1. The summed E-state index contributed by atoms with van der Waals surface area (Å²) in [6.07, 6.45) is 2.45. The van der Waals surface area contributed by atoms with E-state index in [1.807, 2.05) is 26.0 Å². The Morgan fingerprint density at radius 2 is 2.37 bits per heavy atom. The summed E-state index contributed by atoms with van der Waals surface area (Å²) in [5.41, 5.74) is 8.00. The summed E-state index contributed by atoms with van der Waals surface area (Å²) in [5.74, 6) is -0.200. The maximum absolute atomic E-state index is 11.9. The van der Waals surface area contributed by atoms with Crippen molar-refractivity contribution in [3.05, 3.63) is 40.7 Å². The van der Waals surface area contributed by atoms with Gasteiger partial charge < -0.3 is 11.1 Å². The monoisotopic (exact) mass is 276 g/mol. The lowest BCUT2D eigenvalue weighted by molar-refractivity contribution is 0.0935. The third-order valence-electron chi connectivity index (χ3n) is 2.75. The summed E-state index contributed by atoms with van der Waals surface area (Å²) in [6, 6.07) is 3.90. The zero-order chi connectivity index (χ0) is 13.8. The number of pyridine rings is 1. The number of hydrogen-bond acceptors (Lipinski definition) is 5. The number of hydrogen-bond donors (Lipinski definition) is 2. The van der Waals surface area contributed by atoms with Crippen molar-refractivity contribution in [2.45, 2.75) is 26.3 Å². The number of thiazole rings is 1. The van der Waals surface area contributed by atoms with Crippen LogP contribution in [0.25, 0.3) is 0 Å². The van der Waals surface area contributed by atoms with Crippen LogP contribution in [-0.4, -0.2) is 21.9 Å². The normalized spacial score (nSPS) is 12.1. The van der Waals surface area contributed by atoms with E-state index in [9.17, 15) is 4.79 Å². The minimum Gasteiger partial charge on any atom is -0.375 e. The van der Waals surface area contributed by atoms with Gasteiger partial charge >= 0.3 is 0 Å². The van der Waals surface area contributed by atoms with Crippen LogP contribution in [0.1, 0.15) is 28.7 Å². The Morgan fingerprint density at radius 3 is 3.00 bits per heavy atom. The molecule has 3 N–H and O–H groups in total. The summed E-state index contributed by atoms with van der Waals surface area (Å²) in [7, 11) is 0. The van der Waals surface area contributed by atoms with Crippen molar-refractivity contribution in [1.82, 2.24) is 15.3 Å². The highest BCUT2D eigenvalue weighted by atomic mass is 32.1. The number of amides is 1. The quantitative estimate of drug-likeness (QED) is 0.892. The van der Waals surface area contributed by atoms with Gasteiger partial charge in [0.15, 0.2) is 5.13 Å². The van der Waals surface area contributed by atoms with E-state index >= 15 is 0 Å². The molecule has 19 heavy (non-hydrogen) atoms. The van der Waals surface area contributed by atoms with Gasteiger partial charge in [-0.15, -0.1) is 11.3 Å². The summed E-state index contributed by atoms with van der Waals surface area (Å²) >= 11 is 1.26. The van der Waals surface area contributed by atoms with Crippen LogP contribution >= 0.6 is 11.3 Å². The molecule has 0 spiro atoms. The Bertz CT molecular complexity index is 582. The van der Waals surface area contributed by atoms with Crippen LogP contribution in [0.3, 0.4) is 0 Å². The molecule has 5 nitrogen and oxygen atoms in total. The van der Waals surface area contributed by atoms with Gasteiger partial charge in [0, 0.05) is 29.7 Å². The van der Waals surface area contributed by atoms with Crippen molar-refractivity contribution in [2.24, 2.45) is 0 Å². The van der Waals surface area contributed by atoms with E-state index in [2.05, 4.69) is 15.3 Å². The van der Waals surface area contributed by atoms with Gasteiger partial charge in [-0.2, -0.15) is 0 Å². The molecule has 0 radical (unpaired) electrons. The molecule has 100 valence electrons. The highest BCUT2D eigenvalue weighted by molar-refractivity contribution is 7.13. The Labute approximate surface area is 115 Å².